The molecule has 0 radical (unpaired) electrons. The number of hydrogen-bond donors (Lipinski definition) is 2. The Morgan fingerprint density at radius 1 is 0.657 bits per heavy atom. The SMILES string of the molecule is CC(C)(OO)c1ccc(COC(=O)CCOCCC(=O)OCc2ccc(C(C)(C)OO)cc2)cc1. The van der Waals surface area contributed by atoms with E-state index in [2.05, 4.69) is 9.78 Å². The smallest absolute Gasteiger partial charge is 0.308 e. The summed E-state index contributed by atoms with van der Waals surface area (Å²) >= 11 is 0. The fraction of sp³-hybridized carbons (Fsp3) is 0.462. The molecule has 0 atom stereocenters. The van der Waals surface area contributed by atoms with Crippen LogP contribution in [0, 0.1) is 0 Å². The summed E-state index contributed by atoms with van der Waals surface area (Å²) < 4.78 is 15.8. The lowest BCUT2D eigenvalue weighted by Gasteiger charge is -2.21. The van der Waals surface area contributed by atoms with Crippen molar-refractivity contribution in [3.05, 3.63) is 70.8 Å². The summed E-state index contributed by atoms with van der Waals surface area (Å²) in [5.74, 6) is -0.817. The third-order valence-corrected chi connectivity index (χ3v) is 5.46. The average Bonchev–Trinajstić information content (AvgIpc) is 2.86. The van der Waals surface area contributed by atoms with Gasteiger partial charge in [0.2, 0.25) is 0 Å². The Kier molecular flexibility index (Phi) is 10.8. The van der Waals surface area contributed by atoms with Crippen molar-refractivity contribution in [3.63, 3.8) is 0 Å². The van der Waals surface area contributed by atoms with Gasteiger partial charge in [0.15, 0.2) is 0 Å². The van der Waals surface area contributed by atoms with E-state index in [1.165, 1.54) is 0 Å². The van der Waals surface area contributed by atoms with Gasteiger partial charge in [0, 0.05) is 0 Å². The van der Waals surface area contributed by atoms with Gasteiger partial charge < -0.3 is 14.2 Å². The van der Waals surface area contributed by atoms with E-state index in [0.29, 0.717) is 0 Å². The van der Waals surface area contributed by atoms with Gasteiger partial charge in [-0.1, -0.05) is 48.5 Å². The van der Waals surface area contributed by atoms with Crippen molar-refractivity contribution in [2.24, 2.45) is 0 Å². The molecule has 35 heavy (non-hydrogen) atoms. The van der Waals surface area contributed by atoms with Crippen molar-refractivity contribution >= 4 is 11.9 Å². The summed E-state index contributed by atoms with van der Waals surface area (Å²) in [5, 5.41) is 17.9. The zero-order chi connectivity index (χ0) is 25.9. The van der Waals surface area contributed by atoms with Gasteiger partial charge in [-0.15, -0.1) is 0 Å². The minimum absolute atomic E-state index is 0.0682. The molecule has 0 heterocycles. The maximum atomic E-state index is 11.9. The van der Waals surface area contributed by atoms with E-state index < -0.39 is 23.1 Å². The lowest BCUT2D eigenvalue weighted by molar-refractivity contribution is -0.318. The zero-order valence-corrected chi connectivity index (χ0v) is 20.6. The van der Waals surface area contributed by atoms with Gasteiger partial charge >= 0.3 is 11.9 Å². The predicted octanol–water partition coefficient (Wildman–Crippen LogP) is 4.72. The first kappa shape index (κ1) is 28.4. The van der Waals surface area contributed by atoms with Crippen molar-refractivity contribution in [2.45, 2.75) is 65.0 Å². The van der Waals surface area contributed by atoms with E-state index in [-0.39, 0.29) is 39.3 Å². The Balaban J connectivity index is 1.58. The van der Waals surface area contributed by atoms with E-state index in [9.17, 15) is 9.59 Å². The fourth-order valence-electron chi connectivity index (χ4n) is 3.00. The minimum Gasteiger partial charge on any atom is -0.461 e. The highest BCUT2D eigenvalue weighted by molar-refractivity contribution is 5.70. The monoisotopic (exact) mass is 490 g/mol. The standard InChI is InChI=1S/C26H34O9/c1-25(2,34-29)21-9-5-19(6-10-21)17-32-23(27)13-15-31-16-14-24(28)33-18-20-7-11-22(12-8-20)26(3,4)35-30/h5-12,29-30H,13-18H2,1-4H3. The first-order valence-electron chi connectivity index (χ1n) is 11.3. The van der Waals surface area contributed by atoms with Gasteiger partial charge in [0.25, 0.3) is 0 Å². The molecule has 0 saturated carbocycles. The van der Waals surface area contributed by atoms with Gasteiger partial charge in [-0.25, -0.2) is 9.78 Å². The van der Waals surface area contributed by atoms with Crippen LogP contribution in [0.5, 0.6) is 0 Å². The average molecular weight is 491 g/mol. The van der Waals surface area contributed by atoms with E-state index in [1.807, 2.05) is 0 Å². The summed E-state index contributed by atoms with van der Waals surface area (Å²) in [6.07, 6.45) is 0.136. The molecule has 9 heteroatoms. The Morgan fingerprint density at radius 3 is 1.31 bits per heavy atom. The molecule has 0 spiro atoms. The normalized spacial score (nSPS) is 11.8. The first-order valence-corrected chi connectivity index (χ1v) is 11.3. The number of hydrogen-bond acceptors (Lipinski definition) is 9. The number of rotatable bonds is 14. The molecule has 0 amide bonds. The summed E-state index contributed by atoms with van der Waals surface area (Å²) in [4.78, 5) is 32.7. The second kappa shape index (κ2) is 13.3. The molecule has 2 N–H and O–H groups in total. The highest BCUT2D eigenvalue weighted by Gasteiger charge is 2.22. The van der Waals surface area contributed by atoms with Crippen LogP contribution in [0.25, 0.3) is 0 Å². The van der Waals surface area contributed by atoms with Crippen LogP contribution >= 0.6 is 0 Å². The predicted molar refractivity (Wildman–Crippen MR) is 126 cm³/mol. The maximum Gasteiger partial charge on any atom is 0.308 e. The molecule has 2 rings (SSSR count). The summed E-state index contributed by atoms with van der Waals surface area (Å²) in [6.45, 7) is 7.45. The van der Waals surface area contributed by atoms with E-state index in [1.54, 1.807) is 76.2 Å². The second-order valence-electron chi connectivity index (χ2n) is 9.03. The summed E-state index contributed by atoms with van der Waals surface area (Å²) in [6, 6.07) is 14.4. The lowest BCUT2D eigenvalue weighted by atomic mass is 9.97. The Bertz CT molecular complexity index is 857. The Labute approximate surface area is 205 Å². The molecule has 192 valence electrons. The highest BCUT2D eigenvalue weighted by atomic mass is 17.1. The van der Waals surface area contributed by atoms with Crippen LogP contribution < -0.4 is 0 Å². The van der Waals surface area contributed by atoms with Gasteiger partial charge in [-0.05, 0) is 49.9 Å². The second-order valence-corrected chi connectivity index (χ2v) is 9.03. The Hall–Kier alpha value is -2.82. The lowest BCUT2D eigenvalue weighted by Crippen LogP contribution is -2.19. The number of ether oxygens (including phenoxy) is 3. The molecular formula is C26H34O9. The molecule has 9 nitrogen and oxygen atoms in total. The van der Waals surface area contributed by atoms with Crippen LogP contribution in [0.15, 0.2) is 48.5 Å². The van der Waals surface area contributed by atoms with E-state index in [4.69, 9.17) is 24.7 Å². The van der Waals surface area contributed by atoms with Crippen molar-refractivity contribution < 1.29 is 44.1 Å². The maximum absolute atomic E-state index is 11.9. The molecule has 0 aliphatic rings. The third kappa shape index (κ3) is 9.39. The van der Waals surface area contributed by atoms with Crippen molar-refractivity contribution in [3.8, 4) is 0 Å². The zero-order valence-electron chi connectivity index (χ0n) is 20.6. The molecule has 0 fully saturated rings. The van der Waals surface area contributed by atoms with Gasteiger partial charge in [-0.3, -0.25) is 20.1 Å². The van der Waals surface area contributed by atoms with Crippen LogP contribution in [0.4, 0.5) is 0 Å². The van der Waals surface area contributed by atoms with Crippen LogP contribution in [0.3, 0.4) is 0 Å². The Morgan fingerprint density at radius 2 is 1.00 bits per heavy atom. The van der Waals surface area contributed by atoms with Crippen LogP contribution in [0.1, 0.15) is 62.8 Å². The largest absolute Gasteiger partial charge is 0.461 e. The molecular weight excluding hydrogens is 456 g/mol. The number of benzene rings is 2. The first-order chi connectivity index (χ1) is 16.6. The van der Waals surface area contributed by atoms with Crippen molar-refractivity contribution in [1.82, 2.24) is 0 Å². The fourth-order valence-corrected chi connectivity index (χ4v) is 3.00. The minimum atomic E-state index is -0.821. The van der Waals surface area contributed by atoms with Crippen molar-refractivity contribution in [2.75, 3.05) is 13.2 Å². The molecule has 2 aromatic rings. The molecule has 0 unspecified atom stereocenters. The van der Waals surface area contributed by atoms with Crippen LogP contribution in [0.2, 0.25) is 0 Å². The molecule has 0 aromatic heterocycles. The summed E-state index contributed by atoms with van der Waals surface area (Å²) in [5.41, 5.74) is 1.55. The molecule has 2 aromatic carbocycles. The molecule has 0 saturated heterocycles. The highest BCUT2D eigenvalue weighted by Crippen LogP contribution is 2.24. The quantitative estimate of drug-likeness (QED) is 0.168. The number of carbonyl (C=O) groups excluding carboxylic acids is 2. The topological polar surface area (TPSA) is 121 Å². The molecule has 0 bridgehead atoms. The van der Waals surface area contributed by atoms with E-state index in [0.717, 1.165) is 22.3 Å². The third-order valence-electron chi connectivity index (χ3n) is 5.46. The van der Waals surface area contributed by atoms with Crippen LogP contribution in [-0.2, 0) is 58.0 Å². The van der Waals surface area contributed by atoms with Gasteiger partial charge in [0.1, 0.15) is 24.4 Å². The number of carbonyl (C=O) groups is 2. The van der Waals surface area contributed by atoms with Crippen molar-refractivity contribution in [1.29, 1.82) is 0 Å². The number of esters is 2. The van der Waals surface area contributed by atoms with Gasteiger partial charge in [-0.2, -0.15) is 0 Å². The van der Waals surface area contributed by atoms with E-state index >= 15 is 0 Å². The van der Waals surface area contributed by atoms with Crippen LogP contribution in [-0.4, -0.2) is 35.7 Å². The summed E-state index contributed by atoms with van der Waals surface area (Å²) in [7, 11) is 0. The molecule has 0 aliphatic carbocycles. The molecule has 0 aliphatic heterocycles. The van der Waals surface area contributed by atoms with Gasteiger partial charge in [0.05, 0.1) is 26.1 Å².